The van der Waals surface area contributed by atoms with Crippen LogP contribution in [-0.2, 0) is 0 Å². The molecule has 5 heterocycles. The van der Waals surface area contributed by atoms with Gasteiger partial charge in [-0.2, -0.15) is 5.10 Å². The molecule has 0 aromatic carbocycles. The van der Waals surface area contributed by atoms with E-state index in [1.54, 1.807) is 6.20 Å². The van der Waals surface area contributed by atoms with Crippen molar-refractivity contribution in [2.45, 2.75) is 26.3 Å². The number of pyridine rings is 3. The molecule has 162 valence electrons. The van der Waals surface area contributed by atoms with Crippen LogP contribution < -0.4 is 5.32 Å². The Morgan fingerprint density at radius 2 is 1.88 bits per heavy atom. The number of allylic oxidation sites excluding steroid dienone is 4. The first-order valence-electron chi connectivity index (χ1n) is 10.9. The number of H-pyrrole nitrogens is 2. The van der Waals surface area contributed by atoms with Gasteiger partial charge in [0.1, 0.15) is 5.52 Å². The zero-order valence-corrected chi connectivity index (χ0v) is 18.3. The molecule has 0 saturated carbocycles. The molecule has 0 fully saturated rings. The van der Waals surface area contributed by atoms with Gasteiger partial charge in [-0.3, -0.25) is 15.1 Å². The van der Waals surface area contributed by atoms with E-state index in [-0.39, 0.29) is 0 Å². The summed E-state index contributed by atoms with van der Waals surface area (Å²) in [6, 6.07) is 6.34. The van der Waals surface area contributed by atoms with Crippen molar-refractivity contribution in [3.8, 4) is 22.8 Å². The molecule has 5 aromatic rings. The Labute approximate surface area is 189 Å². The van der Waals surface area contributed by atoms with Crippen LogP contribution in [-0.4, -0.2) is 41.2 Å². The number of hydrogen-bond donors (Lipinski definition) is 3. The first kappa shape index (κ1) is 19.4. The smallest absolute Gasteiger partial charge is 0.161 e. The van der Waals surface area contributed by atoms with Gasteiger partial charge in [0.2, 0.25) is 0 Å². The Morgan fingerprint density at radius 3 is 2.73 bits per heavy atom. The van der Waals surface area contributed by atoms with E-state index in [2.05, 4.69) is 68.6 Å². The van der Waals surface area contributed by atoms with Crippen LogP contribution in [0, 0.1) is 0 Å². The SMILES string of the molecule is CC(C)Nc1cncc(-c2ccc3[nH]nc(-c4nc5c(C6=CCC=C6)cncc5[nH]4)c3n2)c1. The fourth-order valence-corrected chi connectivity index (χ4v) is 4.13. The third-order valence-corrected chi connectivity index (χ3v) is 5.60. The van der Waals surface area contributed by atoms with Crippen LogP contribution in [0.1, 0.15) is 25.8 Å². The first-order chi connectivity index (χ1) is 16.2. The standard InChI is InChI=1S/C25H22N8/c1-14(2)28-17-9-16(10-26-11-17)19-7-8-20-23(29-19)24(33-32-20)25-30-21-13-27-12-18(22(21)31-25)15-5-3-4-6-15/h3,5-14,28H,4H2,1-2H3,(H,30,31)(H,32,33). The van der Waals surface area contributed by atoms with Crippen LogP contribution in [0.15, 0.2) is 61.2 Å². The van der Waals surface area contributed by atoms with Gasteiger partial charge < -0.3 is 10.3 Å². The van der Waals surface area contributed by atoms with Crippen molar-refractivity contribution in [1.82, 2.24) is 35.1 Å². The van der Waals surface area contributed by atoms with Gasteiger partial charge in [0.25, 0.3) is 0 Å². The summed E-state index contributed by atoms with van der Waals surface area (Å²) in [7, 11) is 0. The number of fused-ring (bicyclic) bond motifs is 2. The zero-order valence-electron chi connectivity index (χ0n) is 18.3. The second-order valence-corrected chi connectivity index (χ2v) is 8.39. The fourth-order valence-electron chi connectivity index (χ4n) is 4.13. The summed E-state index contributed by atoms with van der Waals surface area (Å²) in [5, 5.41) is 11.0. The summed E-state index contributed by atoms with van der Waals surface area (Å²) in [6.07, 6.45) is 14.6. The minimum absolute atomic E-state index is 0.320. The Bertz CT molecular complexity index is 1550. The molecule has 6 rings (SSSR count). The molecule has 0 saturated heterocycles. The van der Waals surface area contributed by atoms with E-state index < -0.39 is 0 Å². The topological polar surface area (TPSA) is 108 Å². The van der Waals surface area contributed by atoms with Gasteiger partial charge in [0.15, 0.2) is 11.5 Å². The number of rotatable bonds is 5. The maximum absolute atomic E-state index is 4.91. The van der Waals surface area contributed by atoms with E-state index in [0.29, 0.717) is 17.6 Å². The maximum Gasteiger partial charge on any atom is 0.161 e. The van der Waals surface area contributed by atoms with Gasteiger partial charge in [-0.1, -0.05) is 18.2 Å². The highest BCUT2D eigenvalue weighted by atomic mass is 15.2. The number of nitrogens with one attached hydrogen (secondary N) is 3. The molecular weight excluding hydrogens is 412 g/mol. The van der Waals surface area contributed by atoms with Crippen LogP contribution in [0.2, 0.25) is 0 Å². The van der Waals surface area contributed by atoms with E-state index in [1.165, 1.54) is 0 Å². The highest BCUT2D eigenvalue weighted by Crippen LogP contribution is 2.31. The van der Waals surface area contributed by atoms with E-state index in [0.717, 1.165) is 56.6 Å². The second-order valence-electron chi connectivity index (χ2n) is 8.39. The number of hydrogen-bond acceptors (Lipinski definition) is 6. The molecular formula is C25H22N8. The molecule has 0 bridgehead atoms. The molecule has 0 atom stereocenters. The lowest BCUT2D eigenvalue weighted by atomic mass is 10.1. The zero-order chi connectivity index (χ0) is 22.4. The molecule has 3 N–H and O–H groups in total. The average molecular weight is 435 g/mol. The summed E-state index contributed by atoms with van der Waals surface area (Å²) in [4.78, 5) is 21.9. The first-order valence-corrected chi connectivity index (χ1v) is 10.9. The number of nitrogens with zero attached hydrogens (tertiary/aromatic N) is 5. The molecule has 1 aliphatic carbocycles. The van der Waals surface area contributed by atoms with Gasteiger partial charge in [-0.25, -0.2) is 9.97 Å². The van der Waals surface area contributed by atoms with Crippen molar-refractivity contribution in [3.63, 3.8) is 0 Å². The van der Waals surface area contributed by atoms with E-state index in [1.807, 2.05) is 30.7 Å². The molecule has 8 heteroatoms. The fraction of sp³-hybridized carbons (Fsp3) is 0.160. The van der Waals surface area contributed by atoms with E-state index in [9.17, 15) is 0 Å². The van der Waals surface area contributed by atoms with Crippen LogP contribution in [0.25, 0.3) is 50.4 Å². The summed E-state index contributed by atoms with van der Waals surface area (Å²) < 4.78 is 0. The predicted octanol–water partition coefficient (Wildman–Crippen LogP) is 5.12. The molecule has 0 aliphatic heterocycles. The van der Waals surface area contributed by atoms with Crippen LogP contribution in [0.4, 0.5) is 5.69 Å². The van der Waals surface area contributed by atoms with Gasteiger partial charge >= 0.3 is 0 Å². The normalized spacial score (nSPS) is 13.4. The molecule has 0 radical (unpaired) electrons. The minimum Gasteiger partial charge on any atom is -0.382 e. The largest absolute Gasteiger partial charge is 0.382 e. The lowest BCUT2D eigenvalue weighted by Crippen LogP contribution is -2.09. The highest BCUT2D eigenvalue weighted by molar-refractivity contribution is 5.96. The molecule has 0 amide bonds. The number of anilines is 1. The van der Waals surface area contributed by atoms with Gasteiger partial charge in [-0.15, -0.1) is 0 Å². The maximum atomic E-state index is 4.91. The third kappa shape index (κ3) is 3.45. The summed E-state index contributed by atoms with van der Waals surface area (Å²) >= 11 is 0. The second kappa shape index (κ2) is 7.67. The molecule has 0 unspecified atom stereocenters. The molecule has 5 aromatic heterocycles. The summed E-state index contributed by atoms with van der Waals surface area (Å²) in [5.74, 6) is 0.658. The van der Waals surface area contributed by atoms with Crippen molar-refractivity contribution in [2.75, 3.05) is 5.32 Å². The number of imidazole rings is 1. The summed E-state index contributed by atoms with van der Waals surface area (Å²) in [5.41, 5.74) is 8.89. The van der Waals surface area contributed by atoms with Crippen molar-refractivity contribution in [3.05, 3.63) is 66.8 Å². The van der Waals surface area contributed by atoms with Gasteiger partial charge in [0, 0.05) is 35.8 Å². The van der Waals surface area contributed by atoms with Gasteiger partial charge in [0.05, 0.1) is 34.1 Å². The lowest BCUT2D eigenvalue weighted by Gasteiger charge is -2.10. The van der Waals surface area contributed by atoms with E-state index in [4.69, 9.17) is 9.97 Å². The third-order valence-electron chi connectivity index (χ3n) is 5.60. The van der Waals surface area contributed by atoms with Crippen molar-refractivity contribution >= 4 is 33.3 Å². The van der Waals surface area contributed by atoms with Gasteiger partial charge in [-0.05, 0) is 44.0 Å². The Morgan fingerprint density at radius 1 is 0.970 bits per heavy atom. The molecule has 0 spiro atoms. The number of aromatic nitrogens is 7. The Hall–Kier alpha value is -4.33. The minimum atomic E-state index is 0.320. The van der Waals surface area contributed by atoms with E-state index >= 15 is 0 Å². The van der Waals surface area contributed by atoms with Crippen LogP contribution in [0.3, 0.4) is 0 Å². The van der Waals surface area contributed by atoms with Crippen LogP contribution in [0.5, 0.6) is 0 Å². The highest BCUT2D eigenvalue weighted by Gasteiger charge is 2.18. The molecule has 8 nitrogen and oxygen atoms in total. The number of aromatic amines is 2. The predicted molar refractivity (Wildman–Crippen MR) is 130 cm³/mol. The van der Waals surface area contributed by atoms with Crippen molar-refractivity contribution < 1.29 is 0 Å². The molecule has 1 aliphatic rings. The Balaban J connectivity index is 1.45. The quantitative estimate of drug-likeness (QED) is 0.354. The van der Waals surface area contributed by atoms with Crippen molar-refractivity contribution in [1.29, 1.82) is 0 Å². The van der Waals surface area contributed by atoms with Crippen LogP contribution >= 0.6 is 0 Å². The van der Waals surface area contributed by atoms with Crippen molar-refractivity contribution in [2.24, 2.45) is 0 Å². The summed E-state index contributed by atoms with van der Waals surface area (Å²) in [6.45, 7) is 4.20. The molecule has 33 heavy (non-hydrogen) atoms. The lowest BCUT2D eigenvalue weighted by molar-refractivity contribution is 0.898. The average Bonchev–Trinajstić information content (AvgIpc) is 3.57. The Kier molecular flexibility index (Phi) is 4.50. The monoisotopic (exact) mass is 434 g/mol.